The molecule has 1 N–H and O–H groups in total. The lowest BCUT2D eigenvalue weighted by molar-refractivity contribution is 0.0599. The molecule has 0 radical (unpaired) electrons. The first-order valence-electron chi connectivity index (χ1n) is 9.46. The molecular weight excluding hydrogens is 377 g/mol. The van der Waals surface area contributed by atoms with E-state index in [1.165, 1.54) is 19.4 Å². The standard InChI is InChI=1S/C20H22FN5O3/c1-11-8-15(23-9-11)18-24-17(25-29-18)13-5-4-12(2)26(10-13)20(27)14-6-7-22-19(28-3)16(14)21/h6-9,12-13,23H,4-5,10H2,1-3H3. The molecule has 3 aromatic heterocycles. The van der Waals surface area contributed by atoms with Crippen molar-refractivity contribution in [3.63, 3.8) is 0 Å². The second-order valence-electron chi connectivity index (χ2n) is 7.31. The van der Waals surface area contributed by atoms with E-state index in [1.807, 2.05) is 26.1 Å². The Hall–Kier alpha value is -3.23. The average molecular weight is 399 g/mol. The second kappa shape index (κ2) is 7.65. The number of nitrogens with zero attached hydrogens (tertiary/aromatic N) is 4. The summed E-state index contributed by atoms with van der Waals surface area (Å²) in [4.78, 5) is 26.1. The number of piperidine rings is 1. The van der Waals surface area contributed by atoms with E-state index >= 15 is 0 Å². The summed E-state index contributed by atoms with van der Waals surface area (Å²) < 4.78 is 24.8. The van der Waals surface area contributed by atoms with Crippen LogP contribution in [0.3, 0.4) is 0 Å². The molecule has 4 rings (SSSR count). The Kier molecular flexibility index (Phi) is 5.04. The third-order valence-electron chi connectivity index (χ3n) is 5.29. The van der Waals surface area contributed by atoms with Crippen LogP contribution in [0.4, 0.5) is 4.39 Å². The fourth-order valence-electron chi connectivity index (χ4n) is 3.62. The van der Waals surface area contributed by atoms with Gasteiger partial charge in [0.1, 0.15) is 5.69 Å². The summed E-state index contributed by atoms with van der Waals surface area (Å²) in [5, 5.41) is 4.11. The van der Waals surface area contributed by atoms with Crippen molar-refractivity contribution < 1.29 is 18.4 Å². The molecule has 1 amide bonds. The van der Waals surface area contributed by atoms with Gasteiger partial charge < -0.3 is 19.1 Å². The molecule has 8 nitrogen and oxygen atoms in total. The van der Waals surface area contributed by atoms with Crippen molar-refractivity contribution in [2.75, 3.05) is 13.7 Å². The van der Waals surface area contributed by atoms with E-state index in [2.05, 4.69) is 20.1 Å². The van der Waals surface area contributed by atoms with Crippen LogP contribution in [0.15, 0.2) is 29.0 Å². The first-order chi connectivity index (χ1) is 14.0. The molecule has 0 bridgehead atoms. The molecule has 1 fully saturated rings. The van der Waals surface area contributed by atoms with Gasteiger partial charge in [-0.1, -0.05) is 5.16 Å². The molecule has 2 unspecified atom stereocenters. The minimum absolute atomic E-state index is 0.0326. The summed E-state index contributed by atoms with van der Waals surface area (Å²) in [6.45, 7) is 4.30. The SMILES string of the molecule is COc1nccc(C(=O)N2CC(c3noc(-c4cc(C)c[nH]4)n3)CCC2C)c1F. The van der Waals surface area contributed by atoms with Gasteiger partial charge in [0.15, 0.2) is 11.6 Å². The minimum Gasteiger partial charge on any atom is -0.479 e. The first-order valence-corrected chi connectivity index (χ1v) is 9.46. The Morgan fingerprint density at radius 1 is 1.41 bits per heavy atom. The quantitative estimate of drug-likeness (QED) is 0.723. The van der Waals surface area contributed by atoms with Crippen molar-refractivity contribution >= 4 is 5.91 Å². The molecule has 0 spiro atoms. The van der Waals surface area contributed by atoms with Gasteiger partial charge in [0.2, 0.25) is 0 Å². The molecule has 1 aliphatic rings. The monoisotopic (exact) mass is 399 g/mol. The van der Waals surface area contributed by atoms with Gasteiger partial charge in [-0.3, -0.25) is 4.79 Å². The van der Waals surface area contributed by atoms with E-state index in [9.17, 15) is 9.18 Å². The van der Waals surface area contributed by atoms with Crippen molar-refractivity contribution in [2.24, 2.45) is 0 Å². The predicted octanol–water partition coefficient (Wildman–Crippen LogP) is 3.32. The number of hydrogen-bond acceptors (Lipinski definition) is 6. The summed E-state index contributed by atoms with van der Waals surface area (Å²) in [6, 6.07) is 3.27. The Morgan fingerprint density at radius 2 is 2.24 bits per heavy atom. The second-order valence-corrected chi connectivity index (χ2v) is 7.31. The summed E-state index contributed by atoms with van der Waals surface area (Å²) in [5.41, 5.74) is 1.77. The Bertz CT molecular complexity index is 1030. The number of H-pyrrole nitrogens is 1. The van der Waals surface area contributed by atoms with Crippen LogP contribution in [0.25, 0.3) is 11.6 Å². The molecule has 3 aromatic rings. The van der Waals surface area contributed by atoms with Crippen molar-refractivity contribution in [2.45, 2.75) is 38.6 Å². The topological polar surface area (TPSA) is 97.1 Å². The summed E-state index contributed by atoms with van der Waals surface area (Å²) in [5.74, 6) is -0.474. The smallest absolute Gasteiger partial charge is 0.274 e. The fraction of sp³-hybridized carbons (Fsp3) is 0.400. The first kappa shape index (κ1) is 19.1. The van der Waals surface area contributed by atoms with Crippen LogP contribution >= 0.6 is 0 Å². The fourth-order valence-corrected chi connectivity index (χ4v) is 3.62. The number of aromatic amines is 1. The summed E-state index contributed by atoms with van der Waals surface area (Å²) in [7, 11) is 1.32. The van der Waals surface area contributed by atoms with Crippen LogP contribution in [-0.2, 0) is 0 Å². The van der Waals surface area contributed by atoms with E-state index in [-0.39, 0.29) is 23.4 Å². The largest absolute Gasteiger partial charge is 0.479 e. The van der Waals surface area contributed by atoms with Crippen LogP contribution in [0.2, 0.25) is 0 Å². The lowest BCUT2D eigenvalue weighted by Crippen LogP contribution is -2.45. The zero-order valence-electron chi connectivity index (χ0n) is 16.5. The van der Waals surface area contributed by atoms with Crippen LogP contribution in [0.1, 0.15) is 47.4 Å². The molecule has 29 heavy (non-hydrogen) atoms. The maximum absolute atomic E-state index is 14.5. The molecule has 0 aliphatic carbocycles. The molecule has 4 heterocycles. The van der Waals surface area contributed by atoms with Crippen LogP contribution in [-0.4, -0.2) is 50.6 Å². The van der Waals surface area contributed by atoms with Crippen LogP contribution < -0.4 is 4.74 Å². The van der Waals surface area contributed by atoms with Gasteiger partial charge in [0.05, 0.1) is 12.7 Å². The van der Waals surface area contributed by atoms with Crippen LogP contribution in [0.5, 0.6) is 5.88 Å². The number of carbonyl (C=O) groups excluding carboxylic acids is 1. The Labute approximate surface area is 167 Å². The highest BCUT2D eigenvalue weighted by molar-refractivity contribution is 5.95. The maximum atomic E-state index is 14.5. The number of hydrogen-bond donors (Lipinski definition) is 1. The number of aromatic nitrogens is 4. The van der Waals surface area contributed by atoms with Gasteiger partial charge in [-0.2, -0.15) is 4.98 Å². The van der Waals surface area contributed by atoms with Crippen molar-refractivity contribution in [3.05, 3.63) is 47.3 Å². The minimum atomic E-state index is -0.752. The number of nitrogens with one attached hydrogen (secondary N) is 1. The zero-order valence-corrected chi connectivity index (χ0v) is 16.5. The van der Waals surface area contributed by atoms with Crippen molar-refractivity contribution in [1.29, 1.82) is 0 Å². The molecular formula is C20H22FN5O3. The van der Waals surface area contributed by atoms with Crippen molar-refractivity contribution in [1.82, 2.24) is 25.0 Å². The number of rotatable bonds is 4. The molecule has 0 aromatic carbocycles. The van der Waals surface area contributed by atoms with E-state index in [4.69, 9.17) is 9.26 Å². The highest BCUT2D eigenvalue weighted by Crippen LogP contribution is 2.31. The number of aryl methyl sites for hydroxylation is 1. The highest BCUT2D eigenvalue weighted by Gasteiger charge is 2.34. The van der Waals surface area contributed by atoms with E-state index < -0.39 is 11.7 Å². The Balaban J connectivity index is 1.56. The summed E-state index contributed by atoms with van der Waals surface area (Å²) in [6.07, 6.45) is 4.80. The van der Waals surface area contributed by atoms with Gasteiger partial charge in [-0.05, 0) is 44.4 Å². The normalized spacial score (nSPS) is 19.4. The third-order valence-corrected chi connectivity index (χ3v) is 5.29. The van der Waals surface area contributed by atoms with E-state index in [0.717, 1.165) is 24.1 Å². The maximum Gasteiger partial charge on any atom is 0.274 e. The van der Waals surface area contributed by atoms with E-state index in [1.54, 1.807) is 4.90 Å². The number of carbonyl (C=O) groups is 1. The molecule has 2 atom stereocenters. The molecule has 1 aliphatic heterocycles. The molecule has 0 saturated carbocycles. The van der Waals surface area contributed by atoms with Gasteiger partial charge in [-0.25, -0.2) is 9.37 Å². The number of ether oxygens (including phenoxy) is 1. The number of halogens is 1. The van der Waals surface area contributed by atoms with Gasteiger partial charge in [0.25, 0.3) is 17.7 Å². The predicted molar refractivity (Wildman–Crippen MR) is 102 cm³/mol. The lowest BCUT2D eigenvalue weighted by atomic mass is 9.92. The molecule has 1 saturated heterocycles. The van der Waals surface area contributed by atoms with Gasteiger partial charge >= 0.3 is 0 Å². The lowest BCUT2D eigenvalue weighted by Gasteiger charge is -2.37. The average Bonchev–Trinajstić information content (AvgIpc) is 3.37. The number of amides is 1. The molecule has 9 heteroatoms. The van der Waals surface area contributed by atoms with Gasteiger partial charge in [-0.15, -0.1) is 0 Å². The Morgan fingerprint density at radius 3 is 2.97 bits per heavy atom. The zero-order chi connectivity index (χ0) is 20.5. The van der Waals surface area contributed by atoms with E-state index in [0.29, 0.717) is 18.3 Å². The van der Waals surface area contributed by atoms with Crippen molar-refractivity contribution in [3.8, 4) is 17.5 Å². The molecule has 152 valence electrons. The number of likely N-dealkylation sites (tertiary alicyclic amines) is 1. The van der Waals surface area contributed by atoms with Crippen LogP contribution in [0, 0.1) is 12.7 Å². The number of methoxy groups -OCH3 is 1. The van der Waals surface area contributed by atoms with Gasteiger partial charge in [0, 0.05) is 30.9 Å². The highest BCUT2D eigenvalue weighted by atomic mass is 19.1. The third kappa shape index (κ3) is 3.59. The number of pyridine rings is 1. The summed E-state index contributed by atoms with van der Waals surface area (Å²) >= 11 is 0.